The minimum Gasteiger partial charge on any atom is -0.456 e. The van der Waals surface area contributed by atoms with Crippen molar-refractivity contribution < 1.29 is 24.2 Å². The maximum Gasteiger partial charge on any atom is 0.408 e. The van der Waals surface area contributed by atoms with Crippen LogP contribution in [0.15, 0.2) is 30.3 Å². The van der Waals surface area contributed by atoms with E-state index in [1.54, 1.807) is 45.0 Å². The third-order valence-electron chi connectivity index (χ3n) is 6.21. The molecule has 1 rings (SSSR count). The number of esters is 1. The first-order valence-corrected chi connectivity index (χ1v) is 14.1. The standard InChI is InChI=1S/C30H51NO5/c1-5-6-7-8-9-10-11-12-13-14-15-16-20-23-27(35-28(33)25-21-18-17-19-22-25)26(24-32)31-29(34)36-30(2,3)4/h17-19,21-22,26-27,32H,5-16,20,23-24H2,1-4H3,(H,31,34)/t26-,27+/m0/s1. The number of unbranched alkanes of at least 4 members (excludes halogenated alkanes) is 12. The predicted octanol–water partition coefficient (Wildman–Crippen LogP) is 7.58. The Kier molecular flexibility index (Phi) is 16.9. The van der Waals surface area contributed by atoms with Gasteiger partial charge in [0.25, 0.3) is 0 Å². The molecule has 0 aliphatic rings. The molecule has 0 spiro atoms. The van der Waals surface area contributed by atoms with Crippen molar-refractivity contribution in [3.8, 4) is 0 Å². The molecule has 1 aromatic carbocycles. The second kappa shape index (κ2) is 19.1. The van der Waals surface area contributed by atoms with Crippen molar-refractivity contribution in [3.63, 3.8) is 0 Å². The van der Waals surface area contributed by atoms with Crippen LogP contribution in [0.5, 0.6) is 0 Å². The van der Waals surface area contributed by atoms with Crippen LogP contribution >= 0.6 is 0 Å². The fourth-order valence-corrected chi connectivity index (χ4v) is 4.20. The van der Waals surface area contributed by atoms with E-state index >= 15 is 0 Å². The summed E-state index contributed by atoms with van der Waals surface area (Å²) in [5, 5.41) is 12.7. The van der Waals surface area contributed by atoms with Gasteiger partial charge >= 0.3 is 12.1 Å². The van der Waals surface area contributed by atoms with Crippen molar-refractivity contribution in [2.75, 3.05) is 6.61 Å². The Morgan fingerprint density at radius 3 is 1.81 bits per heavy atom. The Bertz CT molecular complexity index is 701. The number of amides is 1. The second-order valence-corrected chi connectivity index (χ2v) is 10.8. The lowest BCUT2D eigenvalue weighted by Crippen LogP contribution is -2.49. The number of rotatable bonds is 19. The summed E-state index contributed by atoms with van der Waals surface area (Å²) in [6.45, 7) is 7.25. The smallest absolute Gasteiger partial charge is 0.408 e. The van der Waals surface area contributed by atoms with Crippen molar-refractivity contribution in [2.45, 2.75) is 135 Å². The molecule has 0 aromatic heterocycles. The predicted molar refractivity (Wildman–Crippen MR) is 146 cm³/mol. The Morgan fingerprint density at radius 1 is 0.833 bits per heavy atom. The Morgan fingerprint density at radius 2 is 1.33 bits per heavy atom. The van der Waals surface area contributed by atoms with Crippen LogP contribution in [0.2, 0.25) is 0 Å². The number of ether oxygens (including phenoxy) is 2. The van der Waals surface area contributed by atoms with Gasteiger partial charge in [0.15, 0.2) is 0 Å². The van der Waals surface area contributed by atoms with Gasteiger partial charge in [-0.3, -0.25) is 0 Å². The van der Waals surface area contributed by atoms with Gasteiger partial charge in [-0.1, -0.05) is 102 Å². The highest BCUT2D eigenvalue weighted by Gasteiger charge is 2.28. The zero-order valence-electron chi connectivity index (χ0n) is 23.2. The van der Waals surface area contributed by atoms with Crippen LogP contribution < -0.4 is 5.32 Å². The Labute approximate surface area is 219 Å². The summed E-state index contributed by atoms with van der Waals surface area (Å²) < 4.78 is 11.1. The molecule has 6 heteroatoms. The number of aliphatic hydroxyl groups excluding tert-OH is 1. The van der Waals surface area contributed by atoms with Crippen LogP contribution in [-0.2, 0) is 9.47 Å². The fraction of sp³-hybridized carbons (Fsp3) is 0.733. The van der Waals surface area contributed by atoms with E-state index in [-0.39, 0.29) is 6.61 Å². The zero-order valence-corrected chi connectivity index (χ0v) is 23.2. The topological polar surface area (TPSA) is 84.9 Å². The quantitative estimate of drug-likeness (QED) is 0.149. The lowest BCUT2D eigenvalue weighted by Gasteiger charge is -2.28. The molecule has 1 aromatic rings. The van der Waals surface area contributed by atoms with E-state index < -0.39 is 29.8 Å². The molecule has 0 radical (unpaired) electrons. The van der Waals surface area contributed by atoms with Crippen LogP contribution in [0.25, 0.3) is 0 Å². The molecular weight excluding hydrogens is 454 g/mol. The van der Waals surface area contributed by atoms with Crippen molar-refractivity contribution in [1.29, 1.82) is 0 Å². The van der Waals surface area contributed by atoms with Gasteiger partial charge in [-0.25, -0.2) is 9.59 Å². The van der Waals surface area contributed by atoms with E-state index in [9.17, 15) is 14.7 Å². The van der Waals surface area contributed by atoms with Crippen LogP contribution in [0.4, 0.5) is 4.79 Å². The Hall–Kier alpha value is -2.08. The first-order valence-electron chi connectivity index (χ1n) is 14.1. The maximum absolute atomic E-state index is 12.7. The summed E-state index contributed by atoms with van der Waals surface area (Å²) in [6, 6.07) is 8.05. The molecule has 0 aliphatic heterocycles. The fourth-order valence-electron chi connectivity index (χ4n) is 4.20. The first-order chi connectivity index (χ1) is 17.3. The molecule has 0 saturated carbocycles. The maximum atomic E-state index is 12.7. The normalized spacial score (nSPS) is 13.1. The molecule has 0 aliphatic carbocycles. The minimum atomic E-state index is -0.732. The van der Waals surface area contributed by atoms with Crippen LogP contribution in [0, 0.1) is 0 Å². The first kappa shape index (κ1) is 31.9. The monoisotopic (exact) mass is 505 g/mol. The third kappa shape index (κ3) is 15.8. The third-order valence-corrected chi connectivity index (χ3v) is 6.21. The number of carbonyl (C=O) groups is 2. The largest absolute Gasteiger partial charge is 0.456 e. The number of hydrogen-bond donors (Lipinski definition) is 2. The molecule has 0 bridgehead atoms. The molecule has 2 atom stereocenters. The molecular formula is C30H51NO5. The van der Waals surface area contributed by atoms with E-state index in [1.165, 1.54) is 64.2 Å². The molecule has 1 amide bonds. The number of hydrogen-bond acceptors (Lipinski definition) is 5. The van der Waals surface area contributed by atoms with Crippen molar-refractivity contribution in [1.82, 2.24) is 5.32 Å². The molecule has 0 fully saturated rings. The number of benzene rings is 1. The van der Waals surface area contributed by atoms with Gasteiger partial charge in [-0.15, -0.1) is 0 Å². The van der Waals surface area contributed by atoms with Gasteiger partial charge in [0.1, 0.15) is 11.7 Å². The SMILES string of the molecule is CCCCCCCCCCCCCCC[C@@H](OC(=O)c1ccccc1)[C@H](CO)NC(=O)OC(C)(C)C. The van der Waals surface area contributed by atoms with Gasteiger partial charge < -0.3 is 19.9 Å². The van der Waals surface area contributed by atoms with Gasteiger partial charge in [0.05, 0.1) is 18.2 Å². The van der Waals surface area contributed by atoms with Gasteiger partial charge in [-0.05, 0) is 45.7 Å². The highest BCUT2D eigenvalue weighted by atomic mass is 16.6. The number of alkyl carbamates (subject to hydrolysis) is 1. The summed E-state index contributed by atoms with van der Waals surface area (Å²) in [5.74, 6) is -0.459. The average molecular weight is 506 g/mol. The van der Waals surface area contributed by atoms with Gasteiger partial charge in [-0.2, -0.15) is 0 Å². The highest BCUT2D eigenvalue weighted by molar-refractivity contribution is 5.89. The minimum absolute atomic E-state index is 0.343. The highest BCUT2D eigenvalue weighted by Crippen LogP contribution is 2.17. The summed E-state index contributed by atoms with van der Waals surface area (Å²) in [5.41, 5.74) is -0.211. The van der Waals surface area contributed by atoms with Crippen molar-refractivity contribution >= 4 is 12.1 Å². The molecule has 206 valence electrons. The molecule has 2 N–H and O–H groups in total. The second-order valence-electron chi connectivity index (χ2n) is 10.8. The van der Waals surface area contributed by atoms with E-state index in [1.807, 2.05) is 6.07 Å². The number of nitrogens with one attached hydrogen (secondary N) is 1. The van der Waals surface area contributed by atoms with Crippen LogP contribution in [-0.4, -0.2) is 41.5 Å². The lowest BCUT2D eigenvalue weighted by molar-refractivity contribution is 0.00331. The summed E-state index contributed by atoms with van der Waals surface area (Å²) >= 11 is 0. The molecule has 0 unspecified atom stereocenters. The summed E-state index contributed by atoms with van der Waals surface area (Å²) in [4.78, 5) is 25.0. The molecule has 6 nitrogen and oxygen atoms in total. The van der Waals surface area contributed by atoms with E-state index in [4.69, 9.17) is 9.47 Å². The summed E-state index contributed by atoms with van der Waals surface area (Å²) in [7, 11) is 0. The Balaban J connectivity index is 2.45. The van der Waals surface area contributed by atoms with Crippen LogP contribution in [0.3, 0.4) is 0 Å². The lowest BCUT2D eigenvalue weighted by atomic mass is 10.0. The molecule has 0 heterocycles. The zero-order chi connectivity index (χ0) is 26.7. The van der Waals surface area contributed by atoms with E-state index in [0.29, 0.717) is 12.0 Å². The van der Waals surface area contributed by atoms with Crippen molar-refractivity contribution in [3.05, 3.63) is 35.9 Å². The molecule has 36 heavy (non-hydrogen) atoms. The summed E-state index contributed by atoms with van der Waals surface area (Å²) in [6.07, 6.45) is 15.6. The van der Waals surface area contributed by atoms with Crippen LogP contribution in [0.1, 0.15) is 128 Å². The molecule has 0 saturated heterocycles. The van der Waals surface area contributed by atoms with E-state index in [2.05, 4.69) is 12.2 Å². The van der Waals surface area contributed by atoms with Gasteiger partial charge in [0.2, 0.25) is 0 Å². The van der Waals surface area contributed by atoms with Crippen molar-refractivity contribution in [2.24, 2.45) is 0 Å². The number of carbonyl (C=O) groups excluding carboxylic acids is 2. The average Bonchev–Trinajstić information content (AvgIpc) is 2.84. The van der Waals surface area contributed by atoms with E-state index in [0.717, 1.165) is 19.3 Å². The number of aliphatic hydroxyl groups is 1. The van der Waals surface area contributed by atoms with Gasteiger partial charge in [0, 0.05) is 0 Å².